The second kappa shape index (κ2) is 7.16. The molecular weight excluding hydrogens is 257 g/mol. The lowest BCUT2D eigenvalue weighted by Gasteiger charge is -2.12. The van der Waals surface area contributed by atoms with Crippen molar-refractivity contribution in [2.75, 3.05) is 6.61 Å². The van der Waals surface area contributed by atoms with Crippen molar-refractivity contribution in [3.8, 4) is 0 Å². The fourth-order valence-corrected chi connectivity index (χ4v) is 1.83. The first kappa shape index (κ1) is 15.5. The van der Waals surface area contributed by atoms with E-state index in [1.165, 1.54) is 12.1 Å². The highest BCUT2D eigenvalue weighted by Gasteiger charge is 2.32. The molecule has 19 heavy (non-hydrogen) atoms. The lowest BCUT2D eigenvalue weighted by atomic mass is 10.0. The van der Waals surface area contributed by atoms with Crippen LogP contribution in [0.15, 0.2) is 24.3 Å². The molecule has 0 amide bonds. The fourth-order valence-electron chi connectivity index (χ4n) is 1.83. The van der Waals surface area contributed by atoms with Gasteiger partial charge < -0.3 is 4.74 Å². The second-order valence-electron chi connectivity index (χ2n) is 4.17. The number of rotatable bonds is 6. The van der Waals surface area contributed by atoms with Crippen molar-refractivity contribution in [1.82, 2.24) is 0 Å². The van der Waals surface area contributed by atoms with Crippen molar-refractivity contribution in [3.63, 3.8) is 0 Å². The van der Waals surface area contributed by atoms with Gasteiger partial charge in [-0.2, -0.15) is 13.2 Å². The average molecular weight is 274 g/mol. The SMILES string of the molecule is CCOC(=O)CCCCc1ccccc1C(F)(F)F. The summed E-state index contributed by atoms with van der Waals surface area (Å²) < 4.78 is 42.9. The van der Waals surface area contributed by atoms with Gasteiger partial charge in [0.05, 0.1) is 12.2 Å². The van der Waals surface area contributed by atoms with E-state index in [4.69, 9.17) is 4.74 Å². The van der Waals surface area contributed by atoms with E-state index in [0.717, 1.165) is 6.07 Å². The van der Waals surface area contributed by atoms with Crippen LogP contribution in [0, 0.1) is 0 Å². The monoisotopic (exact) mass is 274 g/mol. The first-order chi connectivity index (χ1) is 8.95. The number of carbonyl (C=O) groups is 1. The average Bonchev–Trinajstić information content (AvgIpc) is 2.34. The Kier molecular flexibility index (Phi) is 5.86. The predicted molar refractivity (Wildman–Crippen MR) is 65.6 cm³/mol. The smallest absolute Gasteiger partial charge is 0.416 e. The Bertz CT molecular complexity index is 413. The molecule has 5 heteroatoms. The van der Waals surface area contributed by atoms with Gasteiger partial charge in [-0.05, 0) is 37.8 Å². The van der Waals surface area contributed by atoms with Crippen LogP contribution in [0.3, 0.4) is 0 Å². The van der Waals surface area contributed by atoms with Crippen LogP contribution >= 0.6 is 0 Å². The highest BCUT2D eigenvalue weighted by atomic mass is 19.4. The first-order valence-corrected chi connectivity index (χ1v) is 6.26. The Hall–Kier alpha value is -1.52. The summed E-state index contributed by atoms with van der Waals surface area (Å²) in [4.78, 5) is 11.1. The number of alkyl halides is 3. The molecule has 0 saturated heterocycles. The molecule has 0 spiro atoms. The van der Waals surface area contributed by atoms with E-state index in [-0.39, 0.29) is 18.0 Å². The highest BCUT2D eigenvalue weighted by molar-refractivity contribution is 5.69. The normalized spacial score (nSPS) is 11.4. The Balaban J connectivity index is 2.48. The van der Waals surface area contributed by atoms with E-state index in [2.05, 4.69) is 0 Å². The molecule has 0 radical (unpaired) electrons. The summed E-state index contributed by atoms with van der Waals surface area (Å²) in [6.07, 6.45) is -2.69. The minimum Gasteiger partial charge on any atom is -0.466 e. The number of carbonyl (C=O) groups excluding carboxylic acids is 1. The van der Waals surface area contributed by atoms with Crippen LogP contribution in [0.2, 0.25) is 0 Å². The van der Waals surface area contributed by atoms with Crippen molar-refractivity contribution in [3.05, 3.63) is 35.4 Å². The van der Waals surface area contributed by atoms with Gasteiger partial charge in [0, 0.05) is 6.42 Å². The summed E-state index contributed by atoms with van der Waals surface area (Å²) in [7, 11) is 0. The van der Waals surface area contributed by atoms with E-state index in [9.17, 15) is 18.0 Å². The quantitative estimate of drug-likeness (QED) is 0.579. The van der Waals surface area contributed by atoms with Gasteiger partial charge in [-0.25, -0.2) is 0 Å². The molecule has 0 heterocycles. The number of unbranched alkanes of at least 4 members (excludes halogenated alkanes) is 1. The van der Waals surface area contributed by atoms with Gasteiger partial charge in [0.2, 0.25) is 0 Å². The Morgan fingerprint density at radius 3 is 2.53 bits per heavy atom. The third kappa shape index (κ3) is 5.32. The minimum absolute atomic E-state index is 0.252. The van der Waals surface area contributed by atoms with Gasteiger partial charge in [-0.1, -0.05) is 18.2 Å². The van der Waals surface area contributed by atoms with Crippen LogP contribution in [0.5, 0.6) is 0 Å². The second-order valence-corrected chi connectivity index (χ2v) is 4.17. The maximum absolute atomic E-state index is 12.7. The van der Waals surface area contributed by atoms with E-state index >= 15 is 0 Å². The summed E-state index contributed by atoms with van der Waals surface area (Å²) in [6.45, 7) is 2.05. The molecule has 1 aromatic rings. The Morgan fingerprint density at radius 1 is 1.21 bits per heavy atom. The Morgan fingerprint density at radius 2 is 1.89 bits per heavy atom. The summed E-state index contributed by atoms with van der Waals surface area (Å²) in [5, 5.41) is 0. The van der Waals surface area contributed by atoms with Gasteiger partial charge in [0.25, 0.3) is 0 Å². The van der Waals surface area contributed by atoms with E-state index < -0.39 is 11.7 Å². The Labute approximate surface area is 110 Å². The van der Waals surface area contributed by atoms with Crippen LogP contribution in [-0.4, -0.2) is 12.6 Å². The van der Waals surface area contributed by atoms with Gasteiger partial charge in [-0.15, -0.1) is 0 Å². The van der Waals surface area contributed by atoms with Crippen LogP contribution in [0.4, 0.5) is 13.2 Å². The fraction of sp³-hybridized carbons (Fsp3) is 0.500. The summed E-state index contributed by atoms with van der Waals surface area (Å²) in [5.41, 5.74) is -0.315. The zero-order valence-electron chi connectivity index (χ0n) is 10.8. The van der Waals surface area contributed by atoms with E-state index in [1.54, 1.807) is 13.0 Å². The molecule has 0 aliphatic heterocycles. The number of aryl methyl sites for hydroxylation is 1. The molecule has 0 N–H and O–H groups in total. The molecule has 2 nitrogen and oxygen atoms in total. The molecule has 106 valence electrons. The predicted octanol–water partition coefficient (Wildman–Crippen LogP) is 3.98. The lowest BCUT2D eigenvalue weighted by Crippen LogP contribution is -2.09. The summed E-state index contributed by atoms with van der Waals surface area (Å²) >= 11 is 0. The third-order valence-electron chi connectivity index (χ3n) is 2.71. The van der Waals surface area contributed by atoms with Crippen LogP contribution in [0.25, 0.3) is 0 Å². The molecule has 1 rings (SSSR count). The van der Waals surface area contributed by atoms with Crippen molar-refractivity contribution in [2.45, 2.75) is 38.8 Å². The topological polar surface area (TPSA) is 26.3 Å². The summed E-state index contributed by atoms with van der Waals surface area (Å²) in [5.74, 6) is -0.299. The molecule has 0 saturated carbocycles. The number of benzene rings is 1. The largest absolute Gasteiger partial charge is 0.466 e. The zero-order chi connectivity index (χ0) is 14.3. The molecule has 0 unspecified atom stereocenters. The number of ether oxygens (including phenoxy) is 1. The number of esters is 1. The van der Waals surface area contributed by atoms with Gasteiger partial charge >= 0.3 is 12.1 Å². The molecular formula is C14H17F3O2. The molecule has 1 aromatic carbocycles. The van der Waals surface area contributed by atoms with Crippen molar-refractivity contribution < 1.29 is 22.7 Å². The van der Waals surface area contributed by atoms with Gasteiger partial charge in [-0.3, -0.25) is 4.79 Å². The van der Waals surface area contributed by atoms with Crippen LogP contribution < -0.4 is 0 Å². The van der Waals surface area contributed by atoms with E-state index in [1.807, 2.05) is 0 Å². The molecule has 0 aromatic heterocycles. The first-order valence-electron chi connectivity index (χ1n) is 6.26. The highest BCUT2D eigenvalue weighted by Crippen LogP contribution is 2.32. The maximum Gasteiger partial charge on any atom is 0.416 e. The van der Waals surface area contributed by atoms with Gasteiger partial charge in [0.15, 0.2) is 0 Å². The lowest BCUT2D eigenvalue weighted by molar-refractivity contribution is -0.143. The number of halogens is 3. The van der Waals surface area contributed by atoms with Crippen molar-refractivity contribution in [2.24, 2.45) is 0 Å². The standard InChI is InChI=1S/C14H17F3O2/c1-2-19-13(18)10-6-4-8-11-7-3-5-9-12(11)14(15,16)17/h3,5,7,9H,2,4,6,8,10H2,1H3. The molecule has 0 bridgehead atoms. The molecule has 0 atom stereocenters. The van der Waals surface area contributed by atoms with E-state index in [0.29, 0.717) is 25.9 Å². The molecule has 0 aliphatic carbocycles. The zero-order valence-corrected chi connectivity index (χ0v) is 10.8. The van der Waals surface area contributed by atoms with Crippen molar-refractivity contribution in [1.29, 1.82) is 0 Å². The van der Waals surface area contributed by atoms with Gasteiger partial charge in [0.1, 0.15) is 0 Å². The minimum atomic E-state index is -4.32. The molecule has 0 fully saturated rings. The summed E-state index contributed by atoms with van der Waals surface area (Å²) in [6, 6.07) is 5.54. The molecule has 0 aliphatic rings. The number of hydrogen-bond donors (Lipinski definition) is 0. The third-order valence-corrected chi connectivity index (χ3v) is 2.71. The van der Waals surface area contributed by atoms with Crippen LogP contribution in [0.1, 0.15) is 37.3 Å². The maximum atomic E-state index is 12.7. The van der Waals surface area contributed by atoms with Crippen molar-refractivity contribution >= 4 is 5.97 Å². The number of hydrogen-bond acceptors (Lipinski definition) is 2. The van der Waals surface area contributed by atoms with Crippen LogP contribution in [-0.2, 0) is 22.1 Å².